The molecule has 0 atom stereocenters. The van der Waals surface area contributed by atoms with Crippen molar-refractivity contribution in [2.45, 2.75) is 4.90 Å². The molecule has 0 aliphatic carbocycles. The third kappa shape index (κ3) is 3.60. The zero-order valence-corrected chi connectivity index (χ0v) is 14.6. The number of carbonyl (C=O) groups excluding carboxylic acids is 2. The van der Waals surface area contributed by atoms with E-state index in [4.69, 9.17) is 4.74 Å². The maximum Gasteiger partial charge on any atom is 0.262 e. The maximum absolute atomic E-state index is 12.8. The van der Waals surface area contributed by atoms with Gasteiger partial charge in [-0.3, -0.25) is 9.59 Å². The van der Waals surface area contributed by atoms with Gasteiger partial charge >= 0.3 is 0 Å². The highest BCUT2D eigenvalue weighted by Gasteiger charge is 2.31. The van der Waals surface area contributed by atoms with Crippen molar-refractivity contribution in [3.8, 4) is 5.75 Å². The molecular formula is C15H20N4O5S. The number of likely N-dealkylation sites (N-methyl/N-ethyl adjacent to an activating group) is 1. The summed E-state index contributed by atoms with van der Waals surface area (Å²) in [5.74, 6) is 0.0768. The predicted molar refractivity (Wildman–Crippen MR) is 89.8 cm³/mol. The zero-order chi connectivity index (χ0) is 18.0. The summed E-state index contributed by atoms with van der Waals surface area (Å²) < 4.78 is 32.2. The number of fused-ring (bicyclic) bond motifs is 1. The summed E-state index contributed by atoms with van der Waals surface area (Å²) in [6.07, 6.45) is 0. The minimum atomic E-state index is -3.70. The number of sulfonamides is 1. The van der Waals surface area contributed by atoms with Crippen molar-refractivity contribution < 1.29 is 22.7 Å². The molecule has 3 rings (SSSR count). The number of rotatable bonds is 4. The second-order valence-corrected chi connectivity index (χ2v) is 7.75. The molecule has 0 spiro atoms. The standard InChI is InChI=1S/C15H20N4O5S/c1-16-9-15(21)18-4-6-19(7-5-18)25(22,23)11-2-3-13-12(8-11)17-14(20)10-24-13/h2-3,8,16H,4-7,9-10H2,1H3,(H,17,20). The quantitative estimate of drug-likeness (QED) is 0.711. The van der Waals surface area contributed by atoms with E-state index in [9.17, 15) is 18.0 Å². The Hall–Kier alpha value is -2.17. The van der Waals surface area contributed by atoms with E-state index in [-0.39, 0.29) is 43.0 Å². The number of nitrogens with zero attached hydrogens (tertiary/aromatic N) is 2. The van der Waals surface area contributed by atoms with Crippen molar-refractivity contribution >= 4 is 27.5 Å². The van der Waals surface area contributed by atoms with E-state index in [0.29, 0.717) is 24.5 Å². The first-order valence-electron chi connectivity index (χ1n) is 7.91. The van der Waals surface area contributed by atoms with Crippen LogP contribution in [0.3, 0.4) is 0 Å². The average Bonchev–Trinajstić information content (AvgIpc) is 2.61. The number of anilines is 1. The van der Waals surface area contributed by atoms with Crippen LogP contribution >= 0.6 is 0 Å². The molecule has 2 amide bonds. The molecule has 136 valence electrons. The van der Waals surface area contributed by atoms with Gasteiger partial charge in [-0.15, -0.1) is 0 Å². The van der Waals surface area contributed by atoms with Gasteiger partial charge in [0.15, 0.2) is 6.61 Å². The second-order valence-electron chi connectivity index (χ2n) is 5.81. The highest BCUT2D eigenvalue weighted by Crippen LogP contribution is 2.31. The molecule has 1 aromatic rings. The van der Waals surface area contributed by atoms with Gasteiger partial charge in [0.1, 0.15) is 5.75 Å². The lowest BCUT2D eigenvalue weighted by Gasteiger charge is -2.34. The molecule has 1 fully saturated rings. The number of carbonyl (C=O) groups is 2. The van der Waals surface area contributed by atoms with E-state index in [1.165, 1.54) is 22.5 Å². The molecule has 10 heteroatoms. The van der Waals surface area contributed by atoms with Crippen LogP contribution in [0.5, 0.6) is 5.75 Å². The maximum atomic E-state index is 12.8. The molecule has 2 heterocycles. The topological polar surface area (TPSA) is 108 Å². The Balaban J connectivity index is 1.74. The first-order chi connectivity index (χ1) is 11.9. The van der Waals surface area contributed by atoms with Crippen molar-refractivity contribution in [1.29, 1.82) is 0 Å². The molecule has 0 bridgehead atoms. The third-order valence-electron chi connectivity index (χ3n) is 4.14. The summed E-state index contributed by atoms with van der Waals surface area (Å²) in [7, 11) is -2.01. The number of ether oxygens (including phenoxy) is 1. The van der Waals surface area contributed by atoms with E-state index in [1.54, 1.807) is 11.9 Å². The third-order valence-corrected chi connectivity index (χ3v) is 6.04. The van der Waals surface area contributed by atoms with Gasteiger partial charge in [0, 0.05) is 26.2 Å². The van der Waals surface area contributed by atoms with Crippen molar-refractivity contribution in [1.82, 2.24) is 14.5 Å². The molecule has 0 radical (unpaired) electrons. The Morgan fingerprint density at radius 1 is 1.28 bits per heavy atom. The van der Waals surface area contributed by atoms with Gasteiger partial charge in [-0.25, -0.2) is 8.42 Å². The number of amides is 2. The first-order valence-corrected chi connectivity index (χ1v) is 9.35. The monoisotopic (exact) mass is 368 g/mol. The molecule has 2 aliphatic heterocycles. The van der Waals surface area contributed by atoms with Gasteiger partial charge < -0.3 is 20.3 Å². The number of hydrogen-bond acceptors (Lipinski definition) is 6. The van der Waals surface area contributed by atoms with Crippen LogP contribution in [-0.4, -0.2) is 75.8 Å². The molecule has 9 nitrogen and oxygen atoms in total. The Kier molecular flexibility index (Phi) is 4.93. The number of piperazine rings is 1. The van der Waals surface area contributed by atoms with Crippen LogP contribution in [0.15, 0.2) is 23.1 Å². The van der Waals surface area contributed by atoms with Crippen LogP contribution < -0.4 is 15.4 Å². The molecule has 2 N–H and O–H groups in total. The molecule has 0 saturated carbocycles. The normalized spacial score (nSPS) is 18.3. The molecule has 1 saturated heterocycles. The van der Waals surface area contributed by atoms with E-state index < -0.39 is 10.0 Å². The fourth-order valence-corrected chi connectivity index (χ4v) is 4.26. The van der Waals surface area contributed by atoms with Crippen LogP contribution in [0.25, 0.3) is 0 Å². The van der Waals surface area contributed by atoms with Crippen molar-refractivity contribution in [3.63, 3.8) is 0 Å². The van der Waals surface area contributed by atoms with Crippen molar-refractivity contribution in [2.75, 3.05) is 51.7 Å². The van der Waals surface area contributed by atoms with E-state index >= 15 is 0 Å². The van der Waals surface area contributed by atoms with Crippen LogP contribution in [-0.2, 0) is 19.6 Å². The fraction of sp³-hybridized carbons (Fsp3) is 0.467. The van der Waals surface area contributed by atoms with E-state index in [0.717, 1.165) is 0 Å². The molecule has 0 aromatic heterocycles. The Morgan fingerprint density at radius 2 is 2.00 bits per heavy atom. The first kappa shape index (κ1) is 17.6. The fourth-order valence-electron chi connectivity index (χ4n) is 2.81. The molecule has 1 aromatic carbocycles. The van der Waals surface area contributed by atoms with Crippen LogP contribution in [0.4, 0.5) is 5.69 Å². The summed E-state index contributed by atoms with van der Waals surface area (Å²) in [6, 6.07) is 4.40. The highest BCUT2D eigenvalue weighted by atomic mass is 32.2. The van der Waals surface area contributed by atoms with E-state index in [1.807, 2.05) is 0 Å². The summed E-state index contributed by atoms with van der Waals surface area (Å²) in [4.78, 5) is 25.0. The van der Waals surface area contributed by atoms with Crippen molar-refractivity contribution in [3.05, 3.63) is 18.2 Å². The van der Waals surface area contributed by atoms with Gasteiger partial charge in [0.25, 0.3) is 5.91 Å². The van der Waals surface area contributed by atoms with Crippen LogP contribution in [0.1, 0.15) is 0 Å². The second kappa shape index (κ2) is 6.98. The number of benzene rings is 1. The smallest absolute Gasteiger partial charge is 0.262 e. The van der Waals surface area contributed by atoms with Crippen molar-refractivity contribution in [2.24, 2.45) is 0 Å². The lowest BCUT2D eigenvalue weighted by molar-refractivity contribution is -0.131. The Morgan fingerprint density at radius 3 is 2.68 bits per heavy atom. The summed E-state index contributed by atoms with van der Waals surface area (Å²) in [5.41, 5.74) is 0.347. The van der Waals surface area contributed by atoms with E-state index in [2.05, 4.69) is 10.6 Å². The number of hydrogen-bond donors (Lipinski definition) is 2. The average molecular weight is 368 g/mol. The zero-order valence-electron chi connectivity index (χ0n) is 13.8. The Labute approximate surface area is 146 Å². The van der Waals surface area contributed by atoms with Crippen LogP contribution in [0, 0.1) is 0 Å². The van der Waals surface area contributed by atoms with Gasteiger partial charge in [-0.1, -0.05) is 0 Å². The Bertz CT molecular complexity index is 787. The SMILES string of the molecule is CNCC(=O)N1CCN(S(=O)(=O)c2ccc3c(c2)NC(=O)CO3)CC1. The predicted octanol–water partition coefficient (Wildman–Crippen LogP) is -0.930. The molecular weight excluding hydrogens is 348 g/mol. The van der Waals surface area contributed by atoms with Gasteiger partial charge in [-0.05, 0) is 25.2 Å². The lowest BCUT2D eigenvalue weighted by atomic mass is 10.2. The largest absolute Gasteiger partial charge is 0.482 e. The summed E-state index contributed by atoms with van der Waals surface area (Å²) >= 11 is 0. The summed E-state index contributed by atoms with van der Waals surface area (Å²) in [5, 5.41) is 5.40. The molecule has 0 unspecified atom stereocenters. The summed E-state index contributed by atoms with van der Waals surface area (Å²) in [6.45, 7) is 1.32. The lowest BCUT2D eigenvalue weighted by Crippen LogP contribution is -2.52. The number of nitrogens with one attached hydrogen (secondary N) is 2. The molecule has 25 heavy (non-hydrogen) atoms. The minimum Gasteiger partial charge on any atom is -0.482 e. The van der Waals surface area contributed by atoms with Gasteiger partial charge in [-0.2, -0.15) is 4.31 Å². The van der Waals surface area contributed by atoms with Gasteiger partial charge in [0.2, 0.25) is 15.9 Å². The molecule has 2 aliphatic rings. The minimum absolute atomic E-state index is 0.0480. The van der Waals surface area contributed by atoms with Crippen LogP contribution in [0.2, 0.25) is 0 Å². The highest BCUT2D eigenvalue weighted by molar-refractivity contribution is 7.89. The van der Waals surface area contributed by atoms with Gasteiger partial charge in [0.05, 0.1) is 17.1 Å².